The minimum atomic E-state index is -2.27. The second-order valence-corrected chi connectivity index (χ2v) is 18.9. The standard InChI is InChI=1S/C18H39IN4P.HI/c1-16(2)13-20-7-10-23-11-8-21(14-17(3)4)24(20,23,19)22(9-12-23)15-18(5)6;/h16-18H,7-15H2,1-6H3;1H/q+1;/p-1. The number of hydrogen-bond acceptors (Lipinski definition) is 3. The Balaban J connectivity index is 0.00000225. The van der Waals surface area contributed by atoms with E-state index < -0.39 is 4.85 Å². The van der Waals surface area contributed by atoms with E-state index in [1.807, 2.05) is 0 Å². The maximum atomic E-state index is 3.06. The SMILES string of the molecule is CC(C)CN1CC[N+]23CCN(CC(C)C)P12(I)N(CC(C)C)CC3.[I-]. The van der Waals surface area contributed by atoms with E-state index in [0.29, 0.717) is 0 Å². The van der Waals surface area contributed by atoms with Crippen molar-refractivity contribution in [1.82, 2.24) is 14.0 Å². The summed E-state index contributed by atoms with van der Waals surface area (Å²) >= 11 is 3.06. The molecule has 3 heterocycles. The van der Waals surface area contributed by atoms with Gasteiger partial charge in [0.05, 0.1) is 0 Å². The van der Waals surface area contributed by atoms with Crippen molar-refractivity contribution in [3.8, 4) is 0 Å². The molecule has 150 valence electrons. The molecule has 0 bridgehead atoms. The van der Waals surface area contributed by atoms with Gasteiger partial charge in [0.1, 0.15) is 0 Å². The molecule has 3 aliphatic heterocycles. The molecule has 7 heteroatoms. The van der Waals surface area contributed by atoms with E-state index in [-0.39, 0.29) is 24.0 Å². The van der Waals surface area contributed by atoms with Crippen LogP contribution in [-0.4, -0.2) is 77.2 Å². The normalized spacial score (nSPS) is 33.4. The number of hydrogen-bond donors (Lipinski definition) is 0. The van der Waals surface area contributed by atoms with Crippen molar-refractivity contribution >= 4 is 26.9 Å². The summed E-state index contributed by atoms with van der Waals surface area (Å²) < 4.78 is 10.4. The van der Waals surface area contributed by atoms with Gasteiger partial charge in [0, 0.05) is 0 Å². The van der Waals surface area contributed by atoms with Gasteiger partial charge in [-0.05, 0) is 0 Å². The minimum absolute atomic E-state index is 0. The average molecular weight is 596 g/mol. The summed E-state index contributed by atoms with van der Waals surface area (Å²) in [6.07, 6.45) is 0. The van der Waals surface area contributed by atoms with Crippen LogP contribution in [0.25, 0.3) is 0 Å². The molecule has 3 aliphatic rings. The summed E-state index contributed by atoms with van der Waals surface area (Å²) in [7, 11) is 0. The Hall–Kier alpha value is 1.73. The molecule has 0 atom stereocenters. The molecular weight excluding hydrogens is 557 g/mol. The van der Waals surface area contributed by atoms with E-state index in [1.165, 1.54) is 63.2 Å². The number of rotatable bonds is 6. The molecule has 0 saturated carbocycles. The van der Waals surface area contributed by atoms with Crippen molar-refractivity contribution in [3.05, 3.63) is 0 Å². The second kappa shape index (κ2) is 7.86. The van der Waals surface area contributed by atoms with Crippen molar-refractivity contribution in [2.45, 2.75) is 41.5 Å². The van der Waals surface area contributed by atoms with E-state index in [0.717, 1.165) is 17.8 Å². The fourth-order valence-corrected chi connectivity index (χ4v) is 18.1. The van der Waals surface area contributed by atoms with Crippen LogP contribution < -0.4 is 24.0 Å². The van der Waals surface area contributed by atoms with E-state index in [2.05, 4.69) is 77.6 Å². The van der Waals surface area contributed by atoms with Gasteiger partial charge in [0.15, 0.2) is 0 Å². The summed E-state index contributed by atoms with van der Waals surface area (Å²) in [5.41, 5.74) is 0. The number of quaternary nitrogens is 1. The second-order valence-electron chi connectivity index (χ2n) is 9.52. The predicted molar refractivity (Wildman–Crippen MR) is 115 cm³/mol. The fourth-order valence-electron chi connectivity index (χ4n) is 5.57. The largest absolute Gasteiger partial charge is 1.00 e. The molecule has 4 nitrogen and oxygen atoms in total. The Labute approximate surface area is 186 Å². The van der Waals surface area contributed by atoms with Crippen LogP contribution in [0.2, 0.25) is 0 Å². The monoisotopic (exact) mass is 596 g/mol. The molecular formula is C18H39I2N4P. The zero-order chi connectivity index (χ0) is 17.8. The fraction of sp³-hybridized carbons (Fsp3) is 1.00. The molecule has 0 aliphatic carbocycles. The minimum Gasteiger partial charge on any atom is -1.00 e. The third-order valence-corrected chi connectivity index (χ3v) is 20.5. The third-order valence-electron chi connectivity index (χ3n) is 6.24. The zero-order valence-corrected chi connectivity index (χ0v) is 22.3. The van der Waals surface area contributed by atoms with E-state index in [1.54, 1.807) is 0 Å². The maximum Gasteiger partial charge on any atom is -1.00 e. The van der Waals surface area contributed by atoms with Crippen molar-refractivity contribution in [2.24, 2.45) is 17.8 Å². The van der Waals surface area contributed by atoms with Gasteiger partial charge in [-0.1, -0.05) is 0 Å². The maximum absolute atomic E-state index is 3.06. The van der Waals surface area contributed by atoms with Gasteiger partial charge in [0.2, 0.25) is 0 Å². The van der Waals surface area contributed by atoms with Gasteiger partial charge in [-0.2, -0.15) is 0 Å². The Morgan fingerprint density at radius 3 is 1.24 bits per heavy atom. The van der Waals surface area contributed by atoms with E-state index >= 15 is 0 Å². The van der Waals surface area contributed by atoms with E-state index in [4.69, 9.17) is 0 Å². The van der Waals surface area contributed by atoms with Crippen LogP contribution in [0.5, 0.6) is 0 Å². The first-order chi connectivity index (χ1) is 11.1. The Bertz CT molecular complexity index is 425. The first kappa shape index (κ1) is 23.0. The molecule has 0 aromatic rings. The van der Waals surface area contributed by atoms with Crippen LogP contribution in [0.4, 0.5) is 0 Å². The van der Waals surface area contributed by atoms with Crippen molar-refractivity contribution in [3.63, 3.8) is 0 Å². The van der Waals surface area contributed by atoms with Gasteiger partial charge in [-0.15, -0.1) is 0 Å². The van der Waals surface area contributed by atoms with Crippen LogP contribution in [0.1, 0.15) is 41.5 Å². The van der Waals surface area contributed by atoms with Crippen molar-refractivity contribution in [2.75, 3.05) is 58.9 Å². The average Bonchev–Trinajstić information content (AvgIpc) is 2.95. The molecule has 3 saturated heterocycles. The molecule has 0 unspecified atom stereocenters. The van der Waals surface area contributed by atoms with Crippen LogP contribution in [0, 0.1) is 17.8 Å². The molecule has 0 amide bonds. The Morgan fingerprint density at radius 2 is 1.00 bits per heavy atom. The van der Waals surface area contributed by atoms with Gasteiger partial charge in [-0.3, -0.25) is 0 Å². The molecule has 0 N–H and O–H groups in total. The summed E-state index contributed by atoms with van der Waals surface area (Å²) in [6.45, 7) is 26.3. The number of halogens is 2. The van der Waals surface area contributed by atoms with Gasteiger partial charge < -0.3 is 24.0 Å². The van der Waals surface area contributed by atoms with Gasteiger partial charge >= 0.3 is 163 Å². The van der Waals surface area contributed by atoms with E-state index in [9.17, 15) is 0 Å². The van der Waals surface area contributed by atoms with Crippen LogP contribution in [0.15, 0.2) is 0 Å². The first-order valence-electron chi connectivity index (χ1n) is 10.0. The topological polar surface area (TPSA) is 9.72 Å². The summed E-state index contributed by atoms with van der Waals surface area (Å²) in [6, 6.07) is 0. The summed E-state index contributed by atoms with van der Waals surface area (Å²) in [5.74, 6) is 2.25. The van der Waals surface area contributed by atoms with Crippen LogP contribution in [0.3, 0.4) is 0 Å². The van der Waals surface area contributed by atoms with Crippen LogP contribution in [-0.2, 0) is 0 Å². The summed E-state index contributed by atoms with van der Waals surface area (Å²) in [5, 5.41) is 0. The molecule has 0 aromatic heterocycles. The Kier molecular flexibility index (Phi) is 7.24. The molecule has 25 heavy (non-hydrogen) atoms. The number of nitrogens with zero attached hydrogens (tertiary/aromatic N) is 4. The van der Waals surface area contributed by atoms with Gasteiger partial charge in [0.25, 0.3) is 0 Å². The third kappa shape index (κ3) is 3.16. The molecule has 0 aromatic carbocycles. The summed E-state index contributed by atoms with van der Waals surface area (Å²) in [4.78, 5) is -2.27. The van der Waals surface area contributed by atoms with Crippen LogP contribution >= 0.6 is 26.9 Å². The molecule has 3 fully saturated rings. The predicted octanol–water partition coefficient (Wildman–Crippen LogP) is 1.29. The molecule has 0 radical (unpaired) electrons. The quantitative estimate of drug-likeness (QED) is 0.339. The Morgan fingerprint density at radius 1 is 0.720 bits per heavy atom. The first-order valence-corrected chi connectivity index (χ1v) is 14.8. The van der Waals surface area contributed by atoms with Crippen molar-refractivity contribution < 1.29 is 28.2 Å². The smallest absolute Gasteiger partial charge is 1.00 e. The zero-order valence-electron chi connectivity index (χ0n) is 17.1. The van der Waals surface area contributed by atoms with Gasteiger partial charge in [-0.25, -0.2) is 0 Å². The van der Waals surface area contributed by atoms with Crippen molar-refractivity contribution in [1.29, 1.82) is 0 Å². The molecule has 0 spiro atoms. The molecule has 3 rings (SSSR count).